The van der Waals surface area contributed by atoms with E-state index in [0.29, 0.717) is 28.4 Å². The smallest absolute Gasteiger partial charge is 0.121 e. The predicted octanol–water partition coefficient (Wildman–Crippen LogP) is 3.68. The number of benzene rings is 1. The lowest BCUT2D eigenvalue weighted by atomic mass is 10.3. The van der Waals surface area contributed by atoms with E-state index >= 15 is 0 Å². The number of rotatable bonds is 6. The van der Waals surface area contributed by atoms with Gasteiger partial charge in [-0.1, -0.05) is 29.8 Å². The van der Waals surface area contributed by atoms with Gasteiger partial charge in [0.1, 0.15) is 12.4 Å². The lowest BCUT2D eigenvalue weighted by molar-refractivity contribution is 0.348. The number of halogens is 2. The number of nitrogens with one attached hydrogen (secondary N) is 1. The van der Waals surface area contributed by atoms with Gasteiger partial charge in [-0.2, -0.15) is 0 Å². The van der Waals surface area contributed by atoms with Crippen molar-refractivity contribution in [1.82, 2.24) is 5.32 Å². The molecule has 0 unspecified atom stereocenters. The molecule has 1 aromatic rings. The van der Waals surface area contributed by atoms with Crippen molar-refractivity contribution in [3.63, 3.8) is 0 Å². The van der Waals surface area contributed by atoms with Crippen molar-refractivity contribution in [2.75, 3.05) is 13.2 Å². The highest BCUT2D eigenvalue weighted by Crippen LogP contribution is 2.26. The highest BCUT2D eigenvalue weighted by molar-refractivity contribution is 6.42. The molecule has 1 saturated carbocycles. The van der Waals surface area contributed by atoms with Crippen LogP contribution in [0.5, 0.6) is 5.75 Å². The van der Waals surface area contributed by atoms with Crippen LogP contribution >= 0.6 is 23.2 Å². The molecule has 92 valence electrons. The molecule has 0 aliphatic heterocycles. The van der Waals surface area contributed by atoms with E-state index in [1.54, 1.807) is 18.2 Å². The maximum Gasteiger partial charge on any atom is 0.121 e. The van der Waals surface area contributed by atoms with Crippen molar-refractivity contribution in [3.05, 3.63) is 40.4 Å². The quantitative estimate of drug-likeness (QED) is 0.797. The fourth-order valence-corrected chi connectivity index (χ4v) is 1.67. The molecule has 0 saturated heterocycles. The van der Waals surface area contributed by atoms with E-state index in [2.05, 4.69) is 11.9 Å². The van der Waals surface area contributed by atoms with Gasteiger partial charge in [-0.25, -0.2) is 0 Å². The average Bonchev–Trinajstić information content (AvgIpc) is 3.12. The zero-order valence-corrected chi connectivity index (χ0v) is 11.0. The van der Waals surface area contributed by atoms with Gasteiger partial charge in [0.15, 0.2) is 0 Å². The van der Waals surface area contributed by atoms with Crippen molar-refractivity contribution in [1.29, 1.82) is 0 Å². The Morgan fingerprint density at radius 3 is 2.76 bits per heavy atom. The van der Waals surface area contributed by atoms with Gasteiger partial charge in [-0.3, -0.25) is 0 Å². The van der Waals surface area contributed by atoms with Crippen LogP contribution < -0.4 is 10.1 Å². The highest BCUT2D eigenvalue weighted by Gasteiger charge is 2.20. The van der Waals surface area contributed by atoms with Crippen molar-refractivity contribution in [2.24, 2.45) is 0 Å². The summed E-state index contributed by atoms with van der Waals surface area (Å²) in [4.78, 5) is 0. The second kappa shape index (κ2) is 5.76. The molecule has 0 aromatic heterocycles. The fraction of sp³-hybridized carbons (Fsp3) is 0.385. The molecule has 0 bridgehead atoms. The molecule has 0 amide bonds. The Kier molecular flexibility index (Phi) is 4.32. The molecular weight excluding hydrogens is 257 g/mol. The normalized spacial score (nSPS) is 14.7. The van der Waals surface area contributed by atoms with Gasteiger partial charge in [0.25, 0.3) is 0 Å². The zero-order chi connectivity index (χ0) is 12.3. The molecular formula is C13H15Cl2NO. The summed E-state index contributed by atoms with van der Waals surface area (Å²) in [7, 11) is 0. The summed E-state index contributed by atoms with van der Waals surface area (Å²) < 4.78 is 5.57. The van der Waals surface area contributed by atoms with Crippen LogP contribution in [0.4, 0.5) is 0 Å². The van der Waals surface area contributed by atoms with Gasteiger partial charge in [0.2, 0.25) is 0 Å². The maximum absolute atomic E-state index is 5.89. The van der Waals surface area contributed by atoms with Gasteiger partial charge < -0.3 is 10.1 Å². The Morgan fingerprint density at radius 1 is 1.35 bits per heavy atom. The Bertz CT molecular complexity index is 416. The van der Waals surface area contributed by atoms with Gasteiger partial charge in [-0.15, -0.1) is 0 Å². The third-order valence-corrected chi connectivity index (χ3v) is 3.29. The average molecular weight is 272 g/mol. The van der Waals surface area contributed by atoms with Crippen LogP contribution in [0.2, 0.25) is 10.0 Å². The molecule has 0 atom stereocenters. The van der Waals surface area contributed by atoms with Gasteiger partial charge >= 0.3 is 0 Å². The summed E-state index contributed by atoms with van der Waals surface area (Å²) in [6, 6.07) is 5.93. The molecule has 1 fully saturated rings. The predicted molar refractivity (Wildman–Crippen MR) is 72.1 cm³/mol. The molecule has 0 spiro atoms. The highest BCUT2D eigenvalue weighted by atomic mass is 35.5. The molecule has 1 aliphatic carbocycles. The second-order valence-corrected chi connectivity index (χ2v) is 5.08. The minimum Gasteiger partial charge on any atom is -0.489 e. The minimum atomic E-state index is 0.498. The molecule has 17 heavy (non-hydrogen) atoms. The van der Waals surface area contributed by atoms with Crippen LogP contribution in [0.25, 0.3) is 0 Å². The zero-order valence-electron chi connectivity index (χ0n) is 9.51. The maximum atomic E-state index is 5.89. The molecule has 0 radical (unpaired) electrons. The Balaban J connectivity index is 1.75. The summed E-state index contributed by atoms with van der Waals surface area (Å²) in [5, 5.41) is 4.43. The van der Waals surface area contributed by atoms with Crippen LogP contribution in [-0.2, 0) is 0 Å². The van der Waals surface area contributed by atoms with Crippen molar-refractivity contribution in [2.45, 2.75) is 18.9 Å². The second-order valence-electron chi connectivity index (χ2n) is 4.27. The molecule has 1 N–H and O–H groups in total. The van der Waals surface area contributed by atoms with Crippen LogP contribution in [-0.4, -0.2) is 19.2 Å². The summed E-state index contributed by atoms with van der Waals surface area (Å²) in [6.07, 6.45) is 2.56. The summed E-state index contributed by atoms with van der Waals surface area (Å²) >= 11 is 11.7. The SMILES string of the molecule is C=C(CNC1CC1)COc1ccc(Cl)c(Cl)c1. The van der Waals surface area contributed by atoms with E-state index in [1.165, 1.54) is 12.8 Å². The number of ether oxygens (including phenoxy) is 1. The molecule has 2 nitrogen and oxygen atoms in total. The van der Waals surface area contributed by atoms with Gasteiger partial charge in [-0.05, 0) is 30.5 Å². The third kappa shape index (κ3) is 4.23. The molecule has 4 heteroatoms. The van der Waals surface area contributed by atoms with E-state index in [9.17, 15) is 0 Å². The number of hydrogen-bond donors (Lipinski definition) is 1. The van der Waals surface area contributed by atoms with Crippen molar-refractivity contribution in [3.8, 4) is 5.75 Å². The first-order valence-electron chi connectivity index (χ1n) is 5.63. The lowest BCUT2D eigenvalue weighted by Gasteiger charge is -2.10. The molecule has 0 heterocycles. The first-order valence-corrected chi connectivity index (χ1v) is 6.38. The van der Waals surface area contributed by atoms with E-state index < -0.39 is 0 Å². The summed E-state index contributed by atoms with van der Waals surface area (Å²) in [5.74, 6) is 0.715. The summed E-state index contributed by atoms with van der Waals surface area (Å²) in [6.45, 7) is 5.27. The fourth-order valence-electron chi connectivity index (χ4n) is 1.38. The molecule has 1 aromatic carbocycles. The minimum absolute atomic E-state index is 0.498. The van der Waals surface area contributed by atoms with Crippen LogP contribution in [0.3, 0.4) is 0 Å². The monoisotopic (exact) mass is 271 g/mol. The largest absolute Gasteiger partial charge is 0.489 e. The number of hydrogen-bond acceptors (Lipinski definition) is 2. The van der Waals surface area contributed by atoms with Gasteiger partial charge in [0, 0.05) is 18.7 Å². The van der Waals surface area contributed by atoms with Crippen molar-refractivity contribution >= 4 is 23.2 Å². The lowest BCUT2D eigenvalue weighted by Crippen LogP contribution is -2.21. The van der Waals surface area contributed by atoms with E-state index in [0.717, 1.165) is 12.1 Å². The Morgan fingerprint density at radius 2 is 2.12 bits per heavy atom. The molecule has 1 aliphatic rings. The topological polar surface area (TPSA) is 21.3 Å². The summed E-state index contributed by atoms with van der Waals surface area (Å²) in [5.41, 5.74) is 1.03. The first-order chi connectivity index (χ1) is 8.15. The standard InChI is InChI=1S/C13H15Cl2NO/c1-9(7-16-10-2-3-10)8-17-11-4-5-12(14)13(15)6-11/h4-6,10,16H,1-3,7-8H2. The van der Waals surface area contributed by atoms with Crippen LogP contribution in [0.1, 0.15) is 12.8 Å². The van der Waals surface area contributed by atoms with Crippen LogP contribution in [0.15, 0.2) is 30.4 Å². The molecule has 2 rings (SSSR count). The third-order valence-electron chi connectivity index (χ3n) is 2.55. The Hall–Kier alpha value is -0.700. The first kappa shape index (κ1) is 12.7. The Labute approximate surface area is 112 Å². The van der Waals surface area contributed by atoms with E-state index in [-0.39, 0.29) is 0 Å². The van der Waals surface area contributed by atoms with Crippen LogP contribution in [0, 0.1) is 0 Å². The van der Waals surface area contributed by atoms with Gasteiger partial charge in [0.05, 0.1) is 10.0 Å². The van der Waals surface area contributed by atoms with Crippen molar-refractivity contribution < 1.29 is 4.74 Å². The van der Waals surface area contributed by atoms with E-state index in [1.807, 2.05) is 0 Å². The van der Waals surface area contributed by atoms with E-state index in [4.69, 9.17) is 27.9 Å².